The molecule has 1 aromatic heterocycles. The Morgan fingerprint density at radius 2 is 2.40 bits per heavy atom. The number of hydrogen-bond acceptors (Lipinski definition) is 3. The van der Waals surface area contributed by atoms with E-state index in [1.807, 2.05) is 11.7 Å². The summed E-state index contributed by atoms with van der Waals surface area (Å²) in [6, 6.07) is 0. The van der Waals surface area contributed by atoms with Gasteiger partial charge >= 0.3 is 0 Å². The fourth-order valence-electron chi connectivity index (χ4n) is 2.58. The van der Waals surface area contributed by atoms with E-state index in [4.69, 9.17) is 0 Å². The number of aromatic nitrogens is 1. The summed E-state index contributed by atoms with van der Waals surface area (Å²) in [4.78, 5) is 5.27. The van der Waals surface area contributed by atoms with Crippen molar-refractivity contribution in [1.82, 2.24) is 4.98 Å². The zero-order valence-corrected chi connectivity index (χ0v) is 10.3. The third-order valence-electron chi connectivity index (χ3n) is 3.71. The second-order valence-corrected chi connectivity index (χ2v) is 6.00. The first-order chi connectivity index (χ1) is 7.10. The van der Waals surface area contributed by atoms with Gasteiger partial charge < -0.3 is 5.11 Å². The summed E-state index contributed by atoms with van der Waals surface area (Å²) in [6.07, 6.45) is 5.90. The lowest BCUT2D eigenvalue weighted by atomic mass is 9.71. The van der Waals surface area contributed by atoms with Crippen LogP contribution in [0.2, 0.25) is 0 Å². The van der Waals surface area contributed by atoms with E-state index in [2.05, 4.69) is 18.8 Å². The smallest absolute Gasteiger partial charge is 0.0794 e. The van der Waals surface area contributed by atoms with Gasteiger partial charge in [-0.05, 0) is 31.1 Å². The van der Waals surface area contributed by atoms with Crippen LogP contribution in [-0.4, -0.2) is 15.7 Å². The minimum absolute atomic E-state index is 0.406. The number of thiazole rings is 1. The molecule has 0 aromatic carbocycles. The Balaban J connectivity index is 2.06. The van der Waals surface area contributed by atoms with Crippen molar-refractivity contribution in [2.75, 3.05) is 0 Å². The largest absolute Gasteiger partial charge is 0.389 e. The average molecular weight is 225 g/mol. The normalized spacial score (nSPS) is 36.7. The number of rotatable bonds is 2. The molecule has 1 fully saturated rings. The van der Waals surface area contributed by atoms with Gasteiger partial charge in [0.2, 0.25) is 0 Å². The summed E-state index contributed by atoms with van der Waals surface area (Å²) < 4.78 is 0. The number of aliphatic hydroxyl groups is 1. The third-order valence-corrected chi connectivity index (χ3v) is 4.49. The Hall–Kier alpha value is -0.410. The van der Waals surface area contributed by atoms with Crippen molar-refractivity contribution in [3.63, 3.8) is 0 Å². The SMILES string of the molecule is CC1CCC(O)(Cc2cncs2)C(C)C1. The molecule has 3 heteroatoms. The molecule has 84 valence electrons. The highest BCUT2D eigenvalue weighted by Gasteiger charge is 2.38. The van der Waals surface area contributed by atoms with Crippen molar-refractivity contribution in [3.05, 3.63) is 16.6 Å². The van der Waals surface area contributed by atoms with Crippen LogP contribution in [0.25, 0.3) is 0 Å². The predicted molar refractivity (Wildman–Crippen MR) is 62.9 cm³/mol. The van der Waals surface area contributed by atoms with Crippen LogP contribution in [0, 0.1) is 11.8 Å². The molecule has 1 aliphatic carbocycles. The van der Waals surface area contributed by atoms with Crippen molar-refractivity contribution in [1.29, 1.82) is 0 Å². The molecule has 1 aliphatic rings. The summed E-state index contributed by atoms with van der Waals surface area (Å²) in [6.45, 7) is 4.46. The van der Waals surface area contributed by atoms with Crippen molar-refractivity contribution < 1.29 is 5.11 Å². The summed E-state index contributed by atoms with van der Waals surface area (Å²) >= 11 is 1.65. The van der Waals surface area contributed by atoms with Crippen LogP contribution in [0.15, 0.2) is 11.7 Å². The summed E-state index contributed by atoms with van der Waals surface area (Å²) in [7, 11) is 0. The lowest BCUT2D eigenvalue weighted by Gasteiger charge is -2.40. The minimum atomic E-state index is -0.487. The van der Waals surface area contributed by atoms with Crippen molar-refractivity contribution >= 4 is 11.3 Å². The Labute approximate surface area is 95.4 Å². The molecule has 2 nitrogen and oxygen atoms in total. The van der Waals surface area contributed by atoms with Gasteiger partial charge in [-0.2, -0.15) is 0 Å². The molecule has 0 saturated heterocycles. The van der Waals surface area contributed by atoms with Gasteiger partial charge in [-0.25, -0.2) is 0 Å². The Morgan fingerprint density at radius 3 is 3.00 bits per heavy atom. The molecule has 2 rings (SSSR count). The molecular weight excluding hydrogens is 206 g/mol. The van der Waals surface area contributed by atoms with Crippen LogP contribution in [0.3, 0.4) is 0 Å². The van der Waals surface area contributed by atoms with E-state index in [1.54, 1.807) is 11.3 Å². The maximum absolute atomic E-state index is 10.6. The molecule has 0 radical (unpaired) electrons. The van der Waals surface area contributed by atoms with Crippen LogP contribution < -0.4 is 0 Å². The molecule has 3 atom stereocenters. The molecule has 0 bridgehead atoms. The fraction of sp³-hybridized carbons (Fsp3) is 0.750. The Morgan fingerprint density at radius 1 is 1.60 bits per heavy atom. The first-order valence-corrected chi connectivity index (χ1v) is 6.58. The average Bonchev–Trinajstić information content (AvgIpc) is 2.65. The summed E-state index contributed by atoms with van der Waals surface area (Å²) in [5, 5.41) is 10.6. The lowest BCUT2D eigenvalue weighted by Crippen LogP contribution is -2.42. The van der Waals surface area contributed by atoms with E-state index < -0.39 is 5.60 Å². The van der Waals surface area contributed by atoms with Gasteiger partial charge in [0.05, 0.1) is 11.1 Å². The van der Waals surface area contributed by atoms with E-state index in [1.165, 1.54) is 4.88 Å². The van der Waals surface area contributed by atoms with Crippen LogP contribution >= 0.6 is 11.3 Å². The predicted octanol–water partition coefficient (Wildman–Crippen LogP) is 2.87. The topological polar surface area (TPSA) is 33.1 Å². The van der Waals surface area contributed by atoms with Gasteiger partial charge in [0.1, 0.15) is 0 Å². The monoisotopic (exact) mass is 225 g/mol. The summed E-state index contributed by atoms with van der Waals surface area (Å²) in [5.41, 5.74) is 1.36. The second-order valence-electron chi connectivity index (χ2n) is 5.03. The minimum Gasteiger partial charge on any atom is -0.389 e. The van der Waals surface area contributed by atoms with Gasteiger partial charge in [-0.15, -0.1) is 11.3 Å². The Bertz CT molecular complexity index is 311. The first-order valence-electron chi connectivity index (χ1n) is 5.70. The molecule has 1 aromatic rings. The van der Waals surface area contributed by atoms with E-state index in [0.717, 1.165) is 31.6 Å². The van der Waals surface area contributed by atoms with Crippen molar-refractivity contribution in [3.8, 4) is 0 Å². The van der Waals surface area contributed by atoms with Gasteiger partial charge in [0.25, 0.3) is 0 Å². The summed E-state index contributed by atoms with van der Waals surface area (Å²) in [5.74, 6) is 1.17. The van der Waals surface area contributed by atoms with E-state index in [9.17, 15) is 5.11 Å². The van der Waals surface area contributed by atoms with Gasteiger partial charge in [-0.1, -0.05) is 13.8 Å². The second kappa shape index (κ2) is 4.22. The molecule has 15 heavy (non-hydrogen) atoms. The third kappa shape index (κ3) is 2.40. The number of hydrogen-bond donors (Lipinski definition) is 1. The Kier molecular flexibility index (Phi) is 3.12. The fourth-order valence-corrected chi connectivity index (χ4v) is 3.29. The molecule has 1 saturated carbocycles. The van der Waals surface area contributed by atoms with Crippen molar-refractivity contribution in [2.45, 2.75) is 45.1 Å². The van der Waals surface area contributed by atoms with E-state index in [0.29, 0.717) is 5.92 Å². The molecule has 0 spiro atoms. The van der Waals surface area contributed by atoms with Gasteiger partial charge in [-0.3, -0.25) is 4.98 Å². The van der Waals surface area contributed by atoms with Gasteiger partial charge in [0, 0.05) is 17.5 Å². The van der Waals surface area contributed by atoms with Crippen LogP contribution in [0.1, 0.15) is 38.0 Å². The zero-order chi connectivity index (χ0) is 10.9. The molecular formula is C12H19NOS. The van der Waals surface area contributed by atoms with Crippen molar-refractivity contribution in [2.24, 2.45) is 11.8 Å². The van der Waals surface area contributed by atoms with E-state index in [-0.39, 0.29) is 0 Å². The zero-order valence-electron chi connectivity index (χ0n) is 9.44. The quantitative estimate of drug-likeness (QED) is 0.839. The van der Waals surface area contributed by atoms with Crippen LogP contribution in [0.5, 0.6) is 0 Å². The maximum atomic E-state index is 10.6. The highest BCUT2D eigenvalue weighted by atomic mass is 32.1. The standard InChI is InChI=1S/C12H19NOS/c1-9-3-4-12(14,10(2)5-9)6-11-7-13-8-15-11/h7-10,14H,3-6H2,1-2H3. The van der Waals surface area contributed by atoms with Crippen LogP contribution in [-0.2, 0) is 6.42 Å². The first kappa shape index (κ1) is 11.1. The number of nitrogens with zero attached hydrogens (tertiary/aromatic N) is 1. The molecule has 1 N–H and O–H groups in total. The highest BCUT2D eigenvalue weighted by molar-refractivity contribution is 7.09. The molecule has 0 amide bonds. The van der Waals surface area contributed by atoms with Crippen LogP contribution in [0.4, 0.5) is 0 Å². The lowest BCUT2D eigenvalue weighted by molar-refractivity contribution is -0.0516. The highest BCUT2D eigenvalue weighted by Crippen LogP contribution is 2.39. The molecule has 3 unspecified atom stereocenters. The van der Waals surface area contributed by atoms with E-state index >= 15 is 0 Å². The molecule has 0 aliphatic heterocycles. The molecule has 1 heterocycles. The van der Waals surface area contributed by atoms with Gasteiger partial charge in [0.15, 0.2) is 0 Å². The maximum Gasteiger partial charge on any atom is 0.0794 e.